The van der Waals surface area contributed by atoms with E-state index in [0.717, 1.165) is 5.92 Å². The third-order valence-corrected chi connectivity index (χ3v) is 3.82. The number of rotatable bonds is 1. The molecule has 0 spiro atoms. The van der Waals surface area contributed by atoms with Crippen LogP contribution < -0.4 is 0 Å². The van der Waals surface area contributed by atoms with Crippen molar-refractivity contribution in [2.24, 2.45) is 5.92 Å². The van der Waals surface area contributed by atoms with Gasteiger partial charge < -0.3 is 4.90 Å². The van der Waals surface area contributed by atoms with Crippen molar-refractivity contribution in [3.8, 4) is 0 Å². The van der Waals surface area contributed by atoms with E-state index in [9.17, 15) is 0 Å². The van der Waals surface area contributed by atoms with Crippen molar-refractivity contribution in [2.45, 2.75) is 12.3 Å². The van der Waals surface area contributed by atoms with E-state index in [4.69, 9.17) is 0 Å². The average Bonchev–Trinajstić information content (AvgIpc) is 2.81. The number of aromatic nitrogens is 2. The smallest absolute Gasteiger partial charge is 0.129 e. The van der Waals surface area contributed by atoms with Crippen LogP contribution in [-0.2, 0) is 0 Å². The second-order valence-corrected chi connectivity index (χ2v) is 4.51. The van der Waals surface area contributed by atoms with Gasteiger partial charge in [0.1, 0.15) is 11.3 Å². The number of fused-ring (bicyclic) bond motifs is 2. The zero-order valence-electron chi connectivity index (χ0n) is 6.81. The van der Waals surface area contributed by atoms with Gasteiger partial charge in [0.15, 0.2) is 0 Å². The van der Waals surface area contributed by atoms with Crippen molar-refractivity contribution < 1.29 is 0 Å². The Balaban J connectivity index is 1.87. The SMILES string of the molecule is c1nsc([C@@H]2CN3CC[C@H]2C3)n1. The Hall–Kier alpha value is -0.480. The molecule has 2 fully saturated rings. The highest BCUT2D eigenvalue weighted by molar-refractivity contribution is 7.05. The molecule has 0 amide bonds. The average molecular weight is 181 g/mol. The maximum atomic E-state index is 4.30. The topological polar surface area (TPSA) is 29.0 Å². The minimum Gasteiger partial charge on any atom is -0.302 e. The lowest BCUT2D eigenvalue weighted by atomic mass is 9.93. The molecule has 0 aromatic carbocycles. The van der Waals surface area contributed by atoms with Crippen molar-refractivity contribution >= 4 is 11.5 Å². The van der Waals surface area contributed by atoms with Crippen molar-refractivity contribution in [3.63, 3.8) is 0 Å². The van der Waals surface area contributed by atoms with Gasteiger partial charge in [-0.05, 0) is 30.4 Å². The Bertz CT molecular complexity index is 272. The third-order valence-electron chi connectivity index (χ3n) is 3.03. The van der Waals surface area contributed by atoms with Crippen LogP contribution in [0.5, 0.6) is 0 Å². The van der Waals surface area contributed by atoms with E-state index in [1.165, 1.54) is 31.1 Å². The fourth-order valence-electron chi connectivity index (χ4n) is 2.41. The quantitative estimate of drug-likeness (QED) is 0.646. The van der Waals surface area contributed by atoms with Crippen molar-refractivity contribution in [1.82, 2.24) is 14.3 Å². The first-order chi connectivity index (χ1) is 5.93. The zero-order valence-corrected chi connectivity index (χ0v) is 7.63. The van der Waals surface area contributed by atoms with Crippen LogP contribution >= 0.6 is 11.5 Å². The molecule has 2 aliphatic heterocycles. The first-order valence-corrected chi connectivity index (χ1v) is 5.20. The van der Waals surface area contributed by atoms with Gasteiger partial charge in [-0.2, -0.15) is 4.37 Å². The minimum atomic E-state index is 0.700. The van der Waals surface area contributed by atoms with Crippen LogP contribution in [0.3, 0.4) is 0 Å². The fraction of sp³-hybridized carbons (Fsp3) is 0.750. The number of nitrogens with zero attached hydrogens (tertiary/aromatic N) is 3. The molecule has 0 N–H and O–H groups in total. The molecule has 2 saturated heterocycles. The molecule has 3 atom stereocenters. The molecule has 3 heterocycles. The Labute approximate surface area is 75.6 Å². The van der Waals surface area contributed by atoms with Crippen LogP contribution in [0, 0.1) is 5.92 Å². The molecule has 0 saturated carbocycles. The summed E-state index contributed by atoms with van der Waals surface area (Å²) in [5.74, 6) is 1.57. The summed E-state index contributed by atoms with van der Waals surface area (Å²) in [4.78, 5) is 6.84. The maximum absolute atomic E-state index is 4.30. The Kier molecular flexibility index (Phi) is 1.45. The van der Waals surface area contributed by atoms with E-state index in [2.05, 4.69) is 14.3 Å². The van der Waals surface area contributed by atoms with Gasteiger partial charge >= 0.3 is 0 Å². The van der Waals surface area contributed by atoms with E-state index < -0.39 is 0 Å². The highest BCUT2D eigenvalue weighted by atomic mass is 32.1. The molecular weight excluding hydrogens is 170 g/mol. The molecule has 64 valence electrons. The molecule has 4 heteroatoms. The molecule has 0 aliphatic carbocycles. The largest absolute Gasteiger partial charge is 0.302 e. The second-order valence-electron chi connectivity index (χ2n) is 3.69. The molecular formula is C8H11N3S. The van der Waals surface area contributed by atoms with Crippen LogP contribution in [0.15, 0.2) is 6.33 Å². The van der Waals surface area contributed by atoms with Crippen molar-refractivity contribution in [1.29, 1.82) is 0 Å². The molecule has 1 aromatic rings. The fourth-order valence-corrected chi connectivity index (χ4v) is 3.11. The van der Waals surface area contributed by atoms with Crippen LogP contribution in [-0.4, -0.2) is 33.9 Å². The Morgan fingerprint density at radius 3 is 3.08 bits per heavy atom. The van der Waals surface area contributed by atoms with Gasteiger partial charge in [-0.1, -0.05) is 0 Å². The van der Waals surface area contributed by atoms with Crippen molar-refractivity contribution in [3.05, 3.63) is 11.3 Å². The molecule has 2 aliphatic rings. The molecule has 2 bridgehead atoms. The lowest BCUT2D eigenvalue weighted by Gasteiger charge is -2.18. The Morgan fingerprint density at radius 1 is 1.50 bits per heavy atom. The van der Waals surface area contributed by atoms with Gasteiger partial charge in [-0.3, -0.25) is 0 Å². The molecule has 1 aromatic heterocycles. The van der Waals surface area contributed by atoms with Gasteiger partial charge in [0.25, 0.3) is 0 Å². The summed E-state index contributed by atoms with van der Waals surface area (Å²) in [6.45, 7) is 3.82. The van der Waals surface area contributed by atoms with E-state index >= 15 is 0 Å². The van der Waals surface area contributed by atoms with Crippen LogP contribution in [0.1, 0.15) is 17.3 Å². The summed E-state index contributed by atoms with van der Waals surface area (Å²) < 4.78 is 4.06. The summed E-state index contributed by atoms with van der Waals surface area (Å²) in [6, 6.07) is 0. The number of hydrogen-bond donors (Lipinski definition) is 0. The second kappa shape index (κ2) is 2.50. The third kappa shape index (κ3) is 0.912. The Morgan fingerprint density at radius 2 is 2.50 bits per heavy atom. The monoisotopic (exact) mass is 181 g/mol. The van der Waals surface area contributed by atoms with E-state index in [0.29, 0.717) is 5.92 Å². The normalized spacial score (nSPS) is 39.2. The standard InChI is InChI=1S/C8H11N3S/c1-2-11-3-6(1)7(4-11)8-9-5-10-12-8/h5-7H,1-4H2/t6-,7+/m0/s1. The van der Waals surface area contributed by atoms with Crippen LogP contribution in [0.25, 0.3) is 0 Å². The van der Waals surface area contributed by atoms with E-state index in [1.807, 2.05) is 0 Å². The lowest BCUT2D eigenvalue weighted by molar-refractivity contribution is 0.346. The zero-order chi connectivity index (χ0) is 7.97. The van der Waals surface area contributed by atoms with Gasteiger partial charge in [-0.15, -0.1) is 0 Å². The minimum absolute atomic E-state index is 0.700. The summed E-state index contributed by atoms with van der Waals surface area (Å²) in [6.07, 6.45) is 3.05. The molecule has 3 rings (SSSR count). The van der Waals surface area contributed by atoms with Gasteiger partial charge in [-0.25, -0.2) is 4.98 Å². The summed E-state index contributed by atoms with van der Waals surface area (Å²) in [5, 5.41) is 1.25. The summed E-state index contributed by atoms with van der Waals surface area (Å²) in [7, 11) is 0. The summed E-state index contributed by atoms with van der Waals surface area (Å²) in [5.41, 5.74) is 0. The molecule has 3 nitrogen and oxygen atoms in total. The number of hydrogen-bond acceptors (Lipinski definition) is 4. The predicted molar refractivity (Wildman–Crippen MR) is 47.2 cm³/mol. The van der Waals surface area contributed by atoms with Gasteiger partial charge in [0, 0.05) is 19.0 Å². The predicted octanol–water partition coefficient (Wildman–Crippen LogP) is 0.957. The molecule has 0 radical (unpaired) electrons. The highest BCUT2D eigenvalue weighted by Crippen LogP contribution is 2.39. The van der Waals surface area contributed by atoms with Gasteiger partial charge in [0.2, 0.25) is 0 Å². The summed E-state index contributed by atoms with van der Waals surface area (Å²) >= 11 is 1.57. The van der Waals surface area contributed by atoms with Crippen LogP contribution in [0.4, 0.5) is 0 Å². The lowest BCUT2D eigenvalue weighted by Crippen LogP contribution is -2.21. The first-order valence-electron chi connectivity index (χ1n) is 4.42. The maximum Gasteiger partial charge on any atom is 0.129 e. The van der Waals surface area contributed by atoms with Crippen molar-refractivity contribution in [2.75, 3.05) is 19.6 Å². The van der Waals surface area contributed by atoms with Gasteiger partial charge in [0.05, 0.1) is 0 Å². The molecule has 12 heavy (non-hydrogen) atoms. The van der Waals surface area contributed by atoms with E-state index in [-0.39, 0.29) is 0 Å². The van der Waals surface area contributed by atoms with Crippen LogP contribution in [0.2, 0.25) is 0 Å². The highest BCUT2D eigenvalue weighted by Gasteiger charge is 2.39. The first kappa shape index (κ1) is 6.97. The molecule has 1 unspecified atom stereocenters. The van der Waals surface area contributed by atoms with E-state index in [1.54, 1.807) is 17.9 Å². The number of piperidine rings is 1.